The molecule has 7 aromatic rings. The average molecular weight is 597 g/mol. The highest BCUT2D eigenvalue weighted by atomic mass is 32.1. The number of hydrogen-bond acceptors (Lipinski definition) is 3. The zero-order valence-corrected chi connectivity index (χ0v) is 25.9. The van der Waals surface area contributed by atoms with Crippen molar-refractivity contribution in [3.05, 3.63) is 120 Å². The van der Waals surface area contributed by atoms with E-state index < -0.39 is 0 Å². The van der Waals surface area contributed by atoms with Crippen LogP contribution in [0, 0.1) is 23.7 Å². The molecule has 216 valence electrons. The second kappa shape index (κ2) is 8.89. The molecule has 4 bridgehead atoms. The second-order valence-electron chi connectivity index (χ2n) is 14.1. The first-order valence-corrected chi connectivity index (χ1v) is 17.5. The Morgan fingerprint density at radius 1 is 0.533 bits per heavy atom. The van der Waals surface area contributed by atoms with Crippen molar-refractivity contribution in [2.24, 2.45) is 23.7 Å². The summed E-state index contributed by atoms with van der Waals surface area (Å²) in [4.78, 5) is 10.8. The number of aromatic nitrogens is 2. The molecule has 12 rings (SSSR count). The maximum Gasteiger partial charge on any atom is 0.160 e. The minimum atomic E-state index is -0.0000496. The van der Waals surface area contributed by atoms with E-state index in [0.29, 0.717) is 11.8 Å². The van der Waals surface area contributed by atoms with E-state index in [4.69, 9.17) is 9.97 Å². The van der Waals surface area contributed by atoms with Crippen molar-refractivity contribution in [3.63, 3.8) is 0 Å². The predicted molar refractivity (Wildman–Crippen MR) is 187 cm³/mol. The SMILES string of the molecule is c1ccc(-c2nc(-c3cccc4c3C3(c5c-4ccc4sc6ccccc6c54)C4CC5CC(C4)CC3C5)nc3ccccc23)cc1. The van der Waals surface area contributed by atoms with Gasteiger partial charge in [0.25, 0.3) is 0 Å². The summed E-state index contributed by atoms with van der Waals surface area (Å²) in [5.41, 5.74) is 10.5. The lowest BCUT2D eigenvalue weighted by Gasteiger charge is -2.61. The molecule has 0 aliphatic heterocycles. The summed E-state index contributed by atoms with van der Waals surface area (Å²) in [7, 11) is 0. The Hall–Kier alpha value is -4.34. The van der Waals surface area contributed by atoms with Gasteiger partial charge < -0.3 is 0 Å². The van der Waals surface area contributed by atoms with Crippen molar-refractivity contribution in [3.8, 4) is 33.8 Å². The standard InChI is InChI=1S/C42H32N2S/c1-2-9-26(10-3-1)40-31-11-4-6-15-34(31)43-41(44-40)33-14-8-13-29-30-17-18-36-37(32-12-5-7-16-35(32)45-36)39(30)42(38(29)33)27-20-24-19-25(22-27)23-28(42)21-24/h1-18,24-25,27-28H,19-23H2. The monoisotopic (exact) mass is 596 g/mol. The molecular weight excluding hydrogens is 565 g/mol. The van der Waals surface area contributed by atoms with E-state index in [9.17, 15) is 0 Å². The van der Waals surface area contributed by atoms with Crippen LogP contribution in [0.1, 0.15) is 43.2 Å². The quantitative estimate of drug-likeness (QED) is 0.198. The van der Waals surface area contributed by atoms with E-state index in [2.05, 4.69) is 109 Å². The van der Waals surface area contributed by atoms with Gasteiger partial charge >= 0.3 is 0 Å². The summed E-state index contributed by atoms with van der Waals surface area (Å²) in [6.07, 6.45) is 6.86. The molecule has 4 fully saturated rings. The van der Waals surface area contributed by atoms with Gasteiger partial charge in [0.15, 0.2) is 5.82 Å². The number of rotatable bonds is 2. The molecular formula is C42H32N2S. The lowest BCUT2D eigenvalue weighted by atomic mass is 9.42. The highest BCUT2D eigenvalue weighted by Gasteiger charge is 2.63. The molecule has 5 aliphatic carbocycles. The number of nitrogens with zero attached hydrogens (tertiary/aromatic N) is 2. The summed E-state index contributed by atoms with van der Waals surface area (Å²) < 4.78 is 2.84. The van der Waals surface area contributed by atoms with Crippen molar-refractivity contribution < 1.29 is 0 Å². The molecule has 0 N–H and O–H groups in total. The molecule has 4 saturated carbocycles. The van der Waals surface area contributed by atoms with Crippen LogP contribution in [0.15, 0.2) is 109 Å². The second-order valence-corrected chi connectivity index (χ2v) is 15.2. The fourth-order valence-electron chi connectivity index (χ4n) is 10.8. The first kappa shape index (κ1) is 24.9. The normalized spacial score (nSPS) is 25.9. The van der Waals surface area contributed by atoms with Crippen LogP contribution in [0.4, 0.5) is 0 Å². The molecule has 2 heterocycles. The molecule has 0 unspecified atom stereocenters. The van der Waals surface area contributed by atoms with Crippen molar-refractivity contribution in [1.82, 2.24) is 9.97 Å². The Labute approximate surface area is 266 Å². The zero-order valence-electron chi connectivity index (χ0n) is 25.0. The summed E-state index contributed by atoms with van der Waals surface area (Å²) >= 11 is 1.97. The third-order valence-electron chi connectivity index (χ3n) is 12.0. The van der Waals surface area contributed by atoms with Gasteiger partial charge in [-0.2, -0.15) is 0 Å². The van der Waals surface area contributed by atoms with Gasteiger partial charge in [0, 0.05) is 42.1 Å². The van der Waals surface area contributed by atoms with Crippen LogP contribution in [-0.4, -0.2) is 9.97 Å². The fraction of sp³-hybridized carbons (Fsp3) is 0.238. The zero-order chi connectivity index (χ0) is 29.3. The average Bonchev–Trinajstić information content (AvgIpc) is 3.61. The summed E-state index contributed by atoms with van der Waals surface area (Å²) in [5.74, 6) is 3.97. The number of thiophene rings is 1. The largest absolute Gasteiger partial charge is 0.228 e. The number of para-hydroxylation sites is 1. The Morgan fingerprint density at radius 3 is 2.04 bits per heavy atom. The first-order chi connectivity index (χ1) is 22.3. The van der Waals surface area contributed by atoms with Gasteiger partial charge in [0.05, 0.1) is 11.2 Å². The first-order valence-electron chi connectivity index (χ1n) is 16.7. The molecule has 45 heavy (non-hydrogen) atoms. The molecule has 0 atom stereocenters. The topological polar surface area (TPSA) is 25.8 Å². The third kappa shape index (κ3) is 3.20. The molecule has 2 nitrogen and oxygen atoms in total. The van der Waals surface area contributed by atoms with E-state index in [-0.39, 0.29) is 5.41 Å². The van der Waals surface area contributed by atoms with Crippen molar-refractivity contribution in [2.75, 3.05) is 0 Å². The molecule has 2 aromatic heterocycles. The van der Waals surface area contributed by atoms with Gasteiger partial charge in [-0.15, -0.1) is 11.3 Å². The van der Waals surface area contributed by atoms with Crippen LogP contribution in [0.3, 0.4) is 0 Å². The van der Waals surface area contributed by atoms with Gasteiger partial charge in [0.2, 0.25) is 0 Å². The Morgan fingerprint density at radius 2 is 1.22 bits per heavy atom. The fourth-order valence-corrected chi connectivity index (χ4v) is 11.9. The van der Waals surface area contributed by atoms with E-state index >= 15 is 0 Å². The Bertz CT molecular complexity index is 2320. The lowest BCUT2D eigenvalue weighted by Crippen LogP contribution is -2.55. The molecule has 0 saturated heterocycles. The van der Waals surface area contributed by atoms with Gasteiger partial charge in [0.1, 0.15) is 0 Å². The van der Waals surface area contributed by atoms with E-state index in [0.717, 1.165) is 39.8 Å². The van der Waals surface area contributed by atoms with Crippen LogP contribution in [0.25, 0.3) is 64.8 Å². The number of hydrogen-bond donors (Lipinski definition) is 0. The summed E-state index contributed by atoms with van der Waals surface area (Å²) in [5, 5.41) is 4.07. The van der Waals surface area contributed by atoms with Crippen LogP contribution in [0.5, 0.6) is 0 Å². The van der Waals surface area contributed by atoms with Gasteiger partial charge in [-0.25, -0.2) is 9.97 Å². The highest BCUT2D eigenvalue weighted by molar-refractivity contribution is 7.25. The van der Waals surface area contributed by atoms with Crippen LogP contribution >= 0.6 is 11.3 Å². The predicted octanol–water partition coefficient (Wildman–Crippen LogP) is 11.1. The van der Waals surface area contributed by atoms with Gasteiger partial charge in [-0.1, -0.05) is 91.0 Å². The van der Waals surface area contributed by atoms with E-state index in [1.807, 2.05) is 11.3 Å². The Balaban J connectivity index is 1.26. The van der Waals surface area contributed by atoms with Crippen molar-refractivity contribution in [2.45, 2.75) is 37.5 Å². The lowest BCUT2D eigenvalue weighted by molar-refractivity contribution is -0.0391. The van der Waals surface area contributed by atoms with Gasteiger partial charge in [-0.3, -0.25) is 0 Å². The van der Waals surface area contributed by atoms with Crippen molar-refractivity contribution in [1.29, 1.82) is 0 Å². The third-order valence-corrected chi connectivity index (χ3v) is 13.2. The maximum absolute atomic E-state index is 5.47. The van der Waals surface area contributed by atoms with Crippen LogP contribution < -0.4 is 0 Å². The van der Waals surface area contributed by atoms with Crippen LogP contribution in [0.2, 0.25) is 0 Å². The molecule has 5 aromatic carbocycles. The molecule has 1 spiro atoms. The van der Waals surface area contributed by atoms with Gasteiger partial charge in [-0.05, 0) is 96.2 Å². The maximum atomic E-state index is 5.47. The van der Waals surface area contributed by atoms with E-state index in [1.165, 1.54) is 74.5 Å². The summed E-state index contributed by atoms with van der Waals surface area (Å²) in [6.45, 7) is 0. The number of fused-ring (bicyclic) bond motifs is 8. The van der Waals surface area contributed by atoms with Crippen LogP contribution in [-0.2, 0) is 5.41 Å². The Kier molecular flexibility index (Phi) is 4.92. The van der Waals surface area contributed by atoms with Crippen molar-refractivity contribution >= 4 is 42.4 Å². The number of benzene rings is 5. The minimum absolute atomic E-state index is 0.0000496. The molecule has 3 heteroatoms. The highest BCUT2D eigenvalue weighted by Crippen LogP contribution is 2.71. The summed E-state index contributed by atoms with van der Waals surface area (Å²) in [6, 6.07) is 40.2. The molecule has 5 aliphatic rings. The van der Waals surface area contributed by atoms with E-state index in [1.54, 1.807) is 5.56 Å². The molecule has 0 radical (unpaired) electrons. The molecule has 0 amide bonds. The smallest absolute Gasteiger partial charge is 0.160 e. The minimum Gasteiger partial charge on any atom is -0.228 e.